The number of benzene rings is 2. The van der Waals surface area contributed by atoms with E-state index < -0.39 is 36.8 Å². The number of fused-ring (bicyclic) bond motifs is 1. The number of hydrogen-bond acceptors (Lipinski definition) is 6. The number of aromatic nitrogens is 2. The van der Waals surface area contributed by atoms with Crippen LogP contribution >= 0.6 is 23.2 Å². The first kappa shape index (κ1) is 28.4. The van der Waals surface area contributed by atoms with Crippen molar-refractivity contribution in [2.45, 2.75) is 42.9 Å². The summed E-state index contributed by atoms with van der Waals surface area (Å²) in [6.45, 7) is 1.78. The number of halogens is 2. The number of nitrogens with two attached hydrogens (primary N) is 1. The fourth-order valence-electron chi connectivity index (χ4n) is 4.63. The number of rotatable bonds is 8. The summed E-state index contributed by atoms with van der Waals surface area (Å²) in [5, 5.41) is 5.12. The average Bonchev–Trinajstić information content (AvgIpc) is 3.69. The monoisotopic (exact) mass is 622 g/mol. The van der Waals surface area contributed by atoms with Gasteiger partial charge in [-0.3, -0.25) is 9.59 Å². The van der Waals surface area contributed by atoms with Crippen molar-refractivity contribution < 1.29 is 21.6 Å². The highest BCUT2D eigenvalue weighted by molar-refractivity contribution is 7.91. The Labute approximate surface area is 240 Å². The van der Waals surface area contributed by atoms with Crippen molar-refractivity contribution in [3.05, 3.63) is 85.9 Å². The Morgan fingerprint density at radius 2 is 1.82 bits per heavy atom. The molecule has 1 amide bonds. The van der Waals surface area contributed by atoms with Crippen LogP contribution in [0.4, 0.5) is 0 Å². The zero-order valence-electron chi connectivity index (χ0n) is 21.1. The maximum absolute atomic E-state index is 13.8. The van der Waals surface area contributed by atoms with E-state index in [0.717, 1.165) is 5.56 Å². The third-order valence-corrected chi connectivity index (χ3v) is 10.3. The highest BCUT2D eigenvalue weighted by atomic mass is 35.5. The molecule has 4 aromatic rings. The van der Waals surface area contributed by atoms with Crippen LogP contribution in [0.1, 0.15) is 41.4 Å². The topological polar surface area (TPSA) is 161 Å². The fourth-order valence-corrected chi connectivity index (χ4v) is 7.31. The first-order valence-corrected chi connectivity index (χ1v) is 16.1. The fraction of sp³-hybridized carbons (Fsp3) is 0.231. The lowest BCUT2D eigenvalue weighted by atomic mass is 10.0. The molecular weight excluding hydrogens is 599 g/mol. The number of carbonyl (C=O) groups excluding carboxylic acids is 1. The molecule has 40 heavy (non-hydrogen) atoms. The van der Waals surface area contributed by atoms with Crippen LogP contribution in [-0.2, 0) is 33.0 Å². The number of nitrogens with zero attached hydrogens (tertiary/aromatic N) is 1. The highest BCUT2D eigenvalue weighted by Gasteiger charge is 2.38. The summed E-state index contributed by atoms with van der Waals surface area (Å²) in [4.78, 5) is 29.0. The molecule has 14 heteroatoms. The molecule has 1 saturated carbocycles. The van der Waals surface area contributed by atoms with E-state index in [9.17, 15) is 26.4 Å². The van der Waals surface area contributed by atoms with E-state index in [2.05, 4.69) is 9.71 Å². The average molecular weight is 624 g/mol. The molecule has 1 aliphatic carbocycles. The Morgan fingerprint density at radius 3 is 2.45 bits per heavy atom. The van der Waals surface area contributed by atoms with Crippen LogP contribution in [0.2, 0.25) is 10.0 Å². The number of hydrogen-bond donors (Lipinski definition) is 3. The van der Waals surface area contributed by atoms with Gasteiger partial charge in [-0.05, 0) is 66.8 Å². The van der Waals surface area contributed by atoms with Gasteiger partial charge in [-0.15, -0.1) is 0 Å². The SMILES string of the molecule is CCc1ccc2c(c1)c(-c1ccc[nH]c1=O)c(C(=O)NS(=O)(=O)C1CC1)n2Cc1cc(S(N)(=O)=O)c(Cl)cc1Cl. The summed E-state index contributed by atoms with van der Waals surface area (Å²) in [5.74, 6) is -0.934. The molecule has 0 aliphatic heterocycles. The predicted octanol–water partition coefficient (Wildman–Crippen LogP) is 3.78. The lowest BCUT2D eigenvalue weighted by Gasteiger charge is -2.15. The van der Waals surface area contributed by atoms with Crippen molar-refractivity contribution in [2.75, 3.05) is 0 Å². The van der Waals surface area contributed by atoms with Gasteiger partial charge in [-0.25, -0.2) is 26.7 Å². The first-order valence-electron chi connectivity index (χ1n) is 12.2. The number of aryl methyl sites for hydroxylation is 1. The largest absolute Gasteiger partial charge is 0.331 e. The van der Waals surface area contributed by atoms with Gasteiger partial charge in [-0.2, -0.15) is 0 Å². The van der Waals surface area contributed by atoms with Crippen molar-refractivity contribution in [3.8, 4) is 11.1 Å². The second-order valence-electron chi connectivity index (χ2n) is 9.52. The third kappa shape index (κ3) is 5.29. The molecule has 0 spiro atoms. The Kier molecular flexibility index (Phi) is 7.34. The predicted molar refractivity (Wildman–Crippen MR) is 154 cm³/mol. The molecule has 4 N–H and O–H groups in total. The quantitative estimate of drug-likeness (QED) is 0.271. The van der Waals surface area contributed by atoms with E-state index in [0.29, 0.717) is 30.2 Å². The van der Waals surface area contributed by atoms with Crippen molar-refractivity contribution in [1.29, 1.82) is 0 Å². The molecule has 0 bridgehead atoms. The van der Waals surface area contributed by atoms with Gasteiger partial charge in [0, 0.05) is 39.8 Å². The second kappa shape index (κ2) is 10.3. The van der Waals surface area contributed by atoms with E-state index in [1.807, 2.05) is 19.1 Å². The standard InChI is InChI=1S/C26H24Cl2N4O6S2/c1-2-14-5-8-21-18(10-14)23(17-4-3-9-30-25(17)33)24(26(34)31-40(37,38)16-6-7-16)32(21)13-15-11-22(39(29,35)36)20(28)12-19(15)27/h3-5,8-12,16H,2,6-7,13H2,1H3,(H,30,33)(H,31,34)(H2,29,35,36). The number of primary sulfonamides is 1. The summed E-state index contributed by atoms with van der Waals surface area (Å²) < 4.78 is 53.6. The Morgan fingerprint density at radius 1 is 1.10 bits per heavy atom. The van der Waals surface area contributed by atoms with E-state index in [1.165, 1.54) is 29.0 Å². The van der Waals surface area contributed by atoms with Gasteiger partial charge in [0.2, 0.25) is 20.0 Å². The van der Waals surface area contributed by atoms with Crippen LogP contribution in [0, 0.1) is 0 Å². The lowest BCUT2D eigenvalue weighted by molar-refractivity contribution is 0.0974. The summed E-state index contributed by atoms with van der Waals surface area (Å²) in [6.07, 6.45) is 2.98. The van der Waals surface area contributed by atoms with Crippen molar-refractivity contribution >= 4 is 60.1 Å². The van der Waals surface area contributed by atoms with Gasteiger partial charge in [0.1, 0.15) is 10.6 Å². The van der Waals surface area contributed by atoms with Crippen LogP contribution < -0.4 is 15.4 Å². The van der Waals surface area contributed by atoms with Gasteiger partial charge in [0.25, 0.3) is 11.5 Å². The molecule has 0 radical (unpaired) electrons. The first-order chi connectivity index (χ1) is 18.8. The molecule has 2 aromatic heterocycles. The maximum Gasteiger partial charge on any atom is 0.282 e. The van der Waals surface area contributed by atoms with Crippen molar-refractivity contribution in [1.82, 2.24) is 14.3 Å². The van der Waals surface area contributed by atoms with E-state index in [-0.39, 0.29) is 43.9 Å². The second-order valence-corrected chi connectivity index (χ2v) is 13.8. The van der Waals surface area contributed by atoms with E-state index in [1.54, 1.807) is 12.1 Å². The van der Waals surface area contributed by atoms with Crippen LogP contribution in [0.3, 0.4) is 0 Å². The summed E-state index contributed by atoms with van der Waals surface area (Å²) in [7, 11) is -8.18. The summed E-state index contributed by atoms with van der Waals surface area (Å²) in [5.41, 5.74) is 1.45. The van der Waals surface area contributed by atoms with Crippen LogP contribution in [0.5, 0.6) is 0 Å². The minimum atomic E-state index is -4.22. The minimum absolute atomic E-state index is 0.0977. The zero-order chi connectivity index (χ0) is 29.0. The minimum Gasteiger partial charge on any atom is -0.331 e. The number of nitrogens with one attached hydrogen (secondary N) is 2. The van der Waals surface area contributed by atoms with Crippen LogP contribution in [0.25, 0.3) is 22.0 Å². The normalized spacial score (nSPS) is 14.0. The number of pyridine rings is 1. The van der Waals surface area contributed by atoms with E-state index >= 15 is 0 Å². The summed E-state index contributed by atoms with van der Waals surface area (Å²) >= 11 is 12.5. The number of aromatic amines is 1. The number of carbonyl (C=O) groups is 1. The molecule has 2 heterocycles. The highest BCUT2D eigenvalue weighted by Crippen LogP contribution is 2.37. The number of H-pyrrole nitrogens is 1. The molecule has 0 unspecified atom stereocenters. The van der Waals surface area contributed by atoms with Gasteiger partial charge in [0.15, 0.2) is 0 Å². The molecule has 0 saturated heterocycles. The molecule has 10 nitrogen and oxygen atoms in total. The molecule has 2 aromatic carbocycles. The lowest BCUT2D eigenvalue weighted by Crippen LogP contribution is -2.35. The molecule has 1 fully saturated rings. The van der Waals surface area contributed by atoms with Gasteiger partial charge in [-0.1, -0.05) is 36.2 Å². The maximum atomic E-state index is 13.8. The van der Waals surface area contributed by atoms with Crippen LogP contribution in [0.15, 0.2) is 58.4 Å². The Balaban J connectivity index is 1.83. The Bertz CT molecular complexity index is 1960. The smallest absolute Gasteiger partial charge is 0.282 e. The van der Waals surface area contributed by atoms with Crippen molar-refractivity contribution in [3.63, 3.8) is 0 Å². The molecule has 5 rings (SSSR count). The molecule has 1 aliphatic rings. The molecule has 0 atom stereocenters. The summed E-state index contributed by atoms with van der Waals surface area (Å²) in [6, 6.07) is 11.0. The van der Waals surface area contributed by atoms with Gasteiger partial charge in [0.05, 0.1) is 10.3 Å². The molecular formula is C26H24Cl2N4O6S2. The van der Waals surface area contributed by atoms with Gasteiger partial charge >= 0.3 is 0 Å². The zero-order valence-corrected chi connectivity index (χ0v) is 24.2. The van der Waals surface area contributed by atoms with Crippen LogP contribution in [-0.4, -0.2) is 37.5 Å². The molecule has 210 valence electrons. The third-order valence-electron chi connectivity index (χ3n) is 6.77. The van der Waals surface area contributed by atoms with Crippen molar-refractivity contribution in [2.24, 2.45) is 5.14 Å². The van der Waals surface area contributed by atoms with E-state index in [4.69, 9.17) is 28.3 Å². The van der Waals surface area contributed by atoms with Gasteiger partial charge < -0.3 is 9.55 Å². The number of sulfonamides is 2. The number of amides is 1. The Hall–Kier alpha value is -3.16.